The molecular formula is C24H25N3O5S2. The van der Waals surface area contributed by atoms with Crippen LogP contribution in [0.15, 0.2) is 76.8 Å². The number of nitrogens with zero attached hydrogens (tertiary/aromatic N) is 2. The zero-order valence-corrected chi connectivity index (χ0v) is 20.3. The molecule has 1 aromatic heterocycles. The average Bonchev–Trinajstić information content (AvgIpc) is 2.88. The summed E-state index contributed by atoms with van der Waals surface area (Å²) in [6.45, 7) is 1.17. The molecule has 3 aromatic rings. The van der Waals surface area contributed by atoms with Gasteiger partial charge in [0, 0.05) is 36.3 Å². The lowest BCUT2D eigenvalue weighted by molar-refractivity contribution is 0.0729. The molecule has 1 aliphatic rings. The van der Waals surface area contributed by atoms with Gasteiger partial charge in [-0.25, -0.2) is 13.4 Å². The summed E-state index contributed by atoms with van der Waals surface area (Å²) in [5.74, 6) is 0.484. The quantitative estimate of drug-likeness (QED) is 0.473. The van der Waals surface area contributed by atoms with Crippen molar-refractivity contribution in [2.45, 2.75) is 15.7 Å². The molecule has 34 heavy (non-hydrogen) atoms. The van der Waals surface area contributed by atoms with Crippen LogP contribution >= 0.6 is 11.8 Å². The predicted molar refractivity (Wildman–Crippen MR) is 131 cm³/mol. The fourth-order valence-corrected chi connectivity index (χ4v) is 5.87. The Balaban J connectivity index is 1.50. The summed E-state index contributed by atoms with van der Waals surface area (Å²) in [5.41, 5.74) is 1.87. The molecule has 2 aromatic carbocycles. The number of hydrogen-bond donors (Lipinski definition) is 1. The standard InChI is InChI=1S/C24H25N3O5S2/c1-31-21-9-8-19(16-22(21)34(29,30)27-11-13-32-14-12-27)24(28)26-20-6-4-5-18(15-20)17-33-23-7-2-3-10-25-23/h2-10,15-16H,11-14,17H2,1H3,(H,26,28). The maximum atomic E-state index is 13.2. The topological polar surface area (TPSA) is 97.8 Å². The molecule has 2 heterocycles. The van der Waals surface area contributed by atoms with Gasteiger partial charge in [-0.15, -0.1) is 11.8 Å². The second-order valence-electron chi connectivity index (χ2n) is 7.49. The van der Waals surface area contributed by atoms with Crippen molar-refractivity contribution in [1.29, 1.82) is 0 Å². The fourth-order valence-electron chi connectivity index (χ4n) is 3.48. The van der Waals surface area contributed by atoms with Crippen molar-refractivity contribution in [3.05, 3.63) is 78.0 Å². The molecule has 1 N–H and O–H groups in total. The normalized spacial score (nSPS) is 14.5. The molecule has 8 nitrogen and oxygen atoms in total. The van der Waals surface area contributed by atoms with Gasteiger partial charge in [-0.2, -0.15) is 4.31 Å². The number of morpholine rings is 1. The van der Waals surface area contributed by atoms with Crippen LogP contribution in [-0.2, 0) is 20.5 Å². The smallest absolute Gasteiger partial charge is 0.255 e. The van der Waals surface area contributed by atoms with E-state index in [-0.39, 0.29) is 29.3 Å². The van der Waals surface area contributed by atoms with E-state index < -0.39 is 15.9 Å². The Hall–Kier alpha value is -2.92. The summed E-state index contributed by atoms with van der Waals surface area (Å²) in [7, 11) is -2.43. The summed E-state index contributed by atoms with van der Waals surface area (Å²) in [5, 5.41) is 3.78. The Morgan fingerprint density at radius 1 is 1.12 bits per heavy atom. The molecule has 10 heteroatoms. The van der Waals surface area contributed by atoms with Crippen molar-refractivity contribution >= 4 is 33.4 Å². The van der Waals surface area contributed by atoms with Gasteiger partial charge in [-0.05, 0) is 48.0 Å². The molecule has 0 atom stereocenters. The number of methoxy groups -OCH3 is 1. The highest BCUT2D eigenvalue weighted by molar-refractivity contribution is 7.98. The number of carbonyl (C=O) groups is 1. The van der Waals surface area contributed by atoms with Crippen LogP contribution < -0.4 is 10.1 Å². The summed E-state index contributed by atoms with van der Waals surface area (Å²) in [4.78, 5) is 17.2. The highest BCUT2D eigenvalue weighted by Crippen LogP contribution is 2.29. The second-order valence-corrected chi connectivity index (χ2v) is 10.4. The van der Waals surface area contributed by atoms with Crippen LogP contribution in [0, 0.1) is 0 Å². The average molecular weight is 500 g/mol. The first-order valence-corrected chi connectivity index (χ1v) is 13.1. The van der Waals surface area contributed by atoms with Crippen LogP contribution in [0.1, 0.15) is 15.9 Å². The summed E-state index contributed by atoms with van der Waals surface area (Å²) in [6.07, 6.45) is 1.75. The molecule has 1 saturated heterocycles. The molecular weight excluding hydrogens is 474 g/mol. The summed E-state index contributed by atoms with van der Waals surface area (Å²) >= 11 is 1.60. The number of pyridine rings is 1. The molecule has 0 unspecified atom stereocenters. The Labute approximate surface area is 203 Å². The lowest BCUT2D eigenvalue weighted by atomic mass is 10.2. The number of ether oxygens (including phenoxy) is 2. The summed E-state index contributed by atoms with van der Waals surface area (Å²) in [6, 6.07) is 17.7. The monoisotopic (exact) mass is 499 g/mol. The van der Waals surface area contributed by atoms with E-state index in [2.05, 4.69) is 10.3 Å². The van der Waals surface area contributed by atoms with Crippen LogP contribution in [0.3, 0.4) is 0 Å². The van der Waals surface area contributed by atoms with E-state index in [0.29, 0.717) is 24.7 Å². The lowest BCUT2D eigenvalue weighted by Crippen LogP contribution is -2.40. The molecule has 178 valence electrons. The summed E-state index contributed by atoms with van der Waals surface area (Å²) < 4.78 is 38.3. The van der Waals surface area contributed by atoms with Gasteiger partial charge in [-0.1, -0.05) is 18.2 Å². The first kappa shape index (κ1) is 24.2. The van der Waals surface area contributed by atoms with E-state index in [9.17, 15) is 13.2 Å². The van der Waals surface area contributed by atoms with E-state index in [4.69, 9.17) is 9.47 Å². The lowest BCUT2D eigenvalue weighted by Gasteiger charge is -2.26. The van der Waals surface area contributed by atoms with Gasteiger partial charge < -0.3 is 14.8 Å². The van der Waals surface area contributed by atoms with Crippen molar-refractivity contribution < 1.29 is 22.7 Å². The first-order valence-electron chi connectivity index (χ1n) is 10.7. The van der Waals surface area contributed by atoms with E-state index in [1.165, 1.54) is 23.5 Å². The minimum atomic E-state index is -3.83. The van der Waals surface area contributed by atoms with Gasteiger partial charge in [0.05, 0.1) is 25.3 Å². The molecule has 1 amide bonds. The number of anilines is 1. The molecule has 0 radical (unpaired) electrons. The highest BCUT2D eigenvalue weighted by atomic mass is 32.2. The van der Waals surface area contributed by atoms with Crippen LogP contribution in [0.5, 0.6) is 5.75 Å². The van der Waals surface area contributed by atoms with Gasteiger partial charge in [-0.3, -0.25) is 4.79 Å². The molecule has 0 aliphatic carbocycles. The number of hydrogen-bond acceptors (Lipinski definition) is 7. The molecule has 0 bridgehead atoms. The Morgan fingerprint density at radius 2 is 1.94 bits per heavy atom. The minimum Gasteiger partial charge on any atom is -0.495 e. The van der Waals surface area contributed by atoms with Crippen molar-refractivity contribution in [2.75, 3.05) is 38.7 Å². The maximum absolute atomic E-state index is 13.2. The van der Waals surface area contributed by atoms with E-state index in [1.54, 1.807) is 30.1 Å². The largest absolute Gasteiger partial charge is 0.495 e. The predicted octanol–water partition coefficient (Wildman–Crippen LogP) is 3.66. The number of nitrogens with one attached hydrogen (secondary N) is 1. The number of aromatic nitrogens is 1. The minimum absolute atomic E-state index is 0.0370. The van der Waals surface area contributed by atoms with E-state index in [0.717, 1.165) is 10.6 Å². The Morgan fingerprint density at radius 3 is 2.68 bits per heavy atom. The first-order chi connectivity index (χ1) is 16.5. The molecule has 1 fully saturated rings. The third-order valence-electron chi connectivity index (χ3n) is 5.22. The number of benzene rings is 2. The number of rotatable bonds is 8. The van der Waals surface area contributed by atoms with Gasteiger partial charge in [0.2, 0.25) is 10.0 Å². The molecule has 1 aliphatic heterocycles. The second kappa shape index (κ2) is 11.0. The zero-order valence-electron chi connectivity index (χ0n) is 18.6. The van der Waals surface area contributed by atoms with Gasteiger partial charge in [0.15, 0.2) is 0 Å². The fraction of sp³-hybridized carbons (Fsp3) is 0.250. The maximum Gasteiger partial charge on any atom is 0.255 e. The van der Waals surface area contributed by atoms with Crippen molar-refractivity contribution in [3.63, 3.8) is 0 Å². The van der Waals surface area contributed by atoms with Crippen LogP contribution in [0.25, 0.3) is 0 Å². The zero-order chi connectivity index (χ0) is 24.0. The molecule has 0 spiro atoms. The van der Waals surface area contributed by atoms with E-state index in [1.807, 2.05) is 36.4 Å². The van der Waals surface area contributed by atoms with E-state index >= 15 is 0 Å². The van der Waals surface area contributed by atoms with Gasteiger partial charge >= 0.3 is 0 Å². The number of thioether (sulfide) groups is 1. The Kier molecular flexibility index (Phi) is 7.84. The molecule has 4 rings (SSSR count). The highest BCUT2D eigenvalue weighted by Gasteiger charge is 2.30. The van der Waals surface area contributed by atoms with Gasteiger partial charge in [0.25, 0.3) is 5.91 Å². The third kappa shape index (κ3) is 5.76. The van der Waals surface area contributed by atoms with Crippen LogP contribution in [0.2, 0.25) is 0 Å². The Bertz CT molecular complexity index is 1250. The van der Waals surface area contributed by atoms with Gasteiger partial charge in [0.1, 0.15) is 10.6 Å². The number of sulfonamides is 1. The SMILES string of the molecule is COc1ccc(C(=O)Nc2cccc(CSc3ccccn3)c2)cc1S(=O)(=O)N1CCOCC1. The van der Waals surface area contributed by atoms with Crippen molar-refractivity contribution in [2.24, 2.45) is 0 Å². The number of amides is 1. The van der Waals surface area contributed by atoms with Crippen molar-refractivity contribution in [1.82, 2.24) is 9.29 Å². The van der Waals surface area contributed by atoms with Crippen LogP contribution in [-0.4, -0.2) is 57.0 Å². The number of carbonyl (C=O) groups excluding carboxylic acids is 1. The van der Waals surface area contributed by atoms with Crippen LogP contribution in [0.4, 0.5) is 5.69 Å². The molecule has 0 saturated carbocycles. The third-order valence-corrected chi connectivity index (χ3v) is 8.16. The van der Waals surface area contributed by atoms with Crippen molar-refractivity contribution in [3.8, 4) is 5.75 Å².